The van der Waals surface area contributed by atoms with Crippen LogP contribution in [0, 0.1) is 5.92 Å². The van der Waals surface area contributed by atoms with E-state index in [0.717, 1.165) is 101 Å². The van der Waals surface area contributed by atoms with Gasteiger partial charge in [0.25, 0.3) is 0 Å². The molecule has 0 spiro atoms. The first-order valence-electron chi connectivity index (χ1n) is 18.3. The van der Waals surface area contributed by atoms with E-state index in [4.69, 9.17) is 4.74 Å². The SMILES string of the molecule is O=C(Nc1ccccc1-c1ccccc1)OC1CCN(CCNCC(=O)c2ccc(CN3CCC(C(=O)N4CCCC(O)C4)CC3)cc2)CC1. The van der Waals surface area contributed by atoms with Crippen LogP contribution in [-0.2, 0) is 16.1 Å². The molecule has 266 valence electrons. The van der Waals surface area contributed by atoms with Gasteiger partial charge in [0, 0.05) is 62.9 Å². The van der Waals surface area contributed by atoms with Crippen molar-refractivity contribution >= 4 is 23.5 Å². The molecule has 3 saturated heterocycles. The number of benzene rings is 3. The molecule has 50 heavy (non-hydrogen) atoms. The second-order valence-electron chi connectivity index (χ2n) is 13.9. The molecule has 10 heteroatoms. The Morgan fingerprint density at radius 3 is 2.22 bits per heavy atom. The van der Waals surface area contributed by atoms with Gasteiger partial charge in [-0.2, -0.15) is 0 Å². The van der Waals surface area contributed by atoms with E-state index in [1.807, 2.05) is 83.8 Å². The summed E-state index contributed by atoms with van der Waals surface area (Å²) in [4.78, 5) is 45.0. The van der Waals surface area contributed by atoms with Crippen LogP contribution in [0.2, 0.25) is 0 Å². The van der Waals surface area contributed by atoms with Crippen molar-refractivity contribution in [2.24, 2.45) is 5.92 Å². The summed E-state index contributed by atoms with van der Waals surface area (Å²) in [5.74, 6) is 0.335. The van der Waals surface area contributed by atoms with Crippen LogP contribution in [0.3, 0.4) is 0 Å². The Bertz CT molecular complexity index is 1550. The summed E-state index contributed by atoms with van der Waals surface area (Å²) in [7, 11) is 0. The summed E-state index contributed by atoms with van der Waals surface area (Å²) in [6.45, 7) is 7.32. The highest BCUT2D eigenvalue weighted by atomic mass is 16.6. The van der Waals surface area contributed by atoms with Gasteiger partial charge in [0.15, 0.2) is 5.78 Å². The van der Waals surface area contributed by atoms with Gasteiger partial charge >= 0.3 is 6.09 Å². The molecule has 10 nitrogen and oxygen atoms in total. The molecule has 1 unspecified atom stereocenters. The predicted octanol–water partition coefficient (Wildman–Crippen LogP) is 5.03. The van der Waals surface area contributed by atoms with E-state index < -0.39 is 6.09 Å². The Labute approximate surface area is 295 Å². The molecule has 1 atom stereocenters. The van der Waals surface area contributed by atoms with Crippen molar-refractivity contribution in [3.05, 3.63) is 90.0 Å². The van der Waals surface area contributed by atoms with Crippen LogP contribution in [0.5, 0.6) is 0 Å². The molecule has 0 aliphatic carbocycles. The minimum Gasteiger partial charge on any atom is -0.446 e. The summed E-state index contributed by atoms with van der Waals surface area (Å²) < 4.78 is 5.77. The summed E-state index contributed by atoms with van der Waals surface area (Å²) in [5.41, 5.74) is 4.60. The molecule has 3 aliphatic heterocycles. The Hall–Kier alpha value is -4.09. The van der Waals surface area contributed by atoms with Gasteiger partial charge < -0.3 is 25.0 Å². The normalized spacial score (nSPS) is 19.6. The Balaban J connectivity index is 0.840. The number of amides is 2. The summed E-state index contributed by atoms with van der Waals surface area (Å²) in [6.07, 6.45) is 3.99. The minimum absolute atomic E-state index is 0.0536. The Morgan fingerprint density at radius 1 is 0.780 bits per heavy atom. The third-order valence-corrected chi connectivity index (χ3v) is 10.3. The highest BCUT2D eigenvalue weighted by Crippen LogP contribution is 2.28. The first kappa shape index (κ1) is 35.7. The number of hydrogen-bond donors (Lipinski definition) is 3. The summed E-state index contributed by atoms with van der Waals surface area (Å²) >= 11 is 0. The van der Waals surface area contributed by atoms with Gasteiger partial charge in [-0.1, -0.05) is 72.8 Å². The van der Waals surface area contributed by atoms with Crippen LogP contribution in [0.1, 0.15) is 54.4 Å². The number of nitrogens with zero attached hydrogens (tertiary/aromatic N) is 3. The van der Waals surface area contributed by atoms with E-state index in [-0.39, 0.29) is 29.8 Å². The number of carbonyl (C=O) groups excluding carboxylic acids is 3. The van der Waals surface area contributed by atoms with Gasteiger partial charge in [-0.05, 0) is 68.8 Å². The van der Waals surface area contributed by atoms with Crippen LogP contribution >= 0.6 is 0 Å². The minimum atomic E-state index is -0.427. The number of hydrogen-bond acceptors (Lipinski definition) is 8. The molecular formula is C40H51N5O5. The van der Waals surface area contributed by atoms with Gasteiger partial charge in [-0.15, -0.1) is 0 Å². The van der Waals surface area contributed by atoms with Crippen molar-refractivity contribution in [1.29, 1.82) is 0 Å². The molecule has 3 aliphatic rings. The number of para-hydroxylation sites is 1. The first-order valence-corrected chi connectivity index (χ1v) is 18.3. The number of ether oxygens (including phenoxy) is 1. The van der Waals surface area contributed by atoms with E-state index in [1.165, 1.54) is 5.56 Å². The molecular weight excluding hydrogens is 630 g/mol. The zero-order valence-electron chi connectivity index (χ0n) is 29.0. The maximum absolute atomic E-state index is 12.9. The lowest BCUT2D eigenvalue weighted by Gasteiger charge is -2.36. The zero-order chi connectivity index (χ0) is 34.7. The molecule has 2 amide bonds. The van der Waals surface area contributed by atoms with Crippen molar-refractivity contribution in [1.82, 2.24) is 20.0 Å². The van der Waals surface area contributed by atoms with Gasteiger partial charge in [0.2, 0.25) is 5.91 Å². The van der Waals surface area contributed by atoms with E-state index >= 15 is 0 Å². The maximum Gasteiger partial charge on any atom is 0.411 e. The predicted molar refractivity (Wildman–Crippen MR) is 195 cm³/mol. The molecule has 0 radical (unpaired) electrons. The summed E-state index contributed by atoms with van der Waals surface area (Å²) in [6, 6.07) is 25.6. The van der Waals surface area contributed by atoms with Crippen molar-refractivity contribution in [2.45, 2.75) is 57.3 Å². The van der Waals surface area contributed by atoms with Crippen molar-refractivity contribution in [3.8, 4) is 11.1 Å². The first-order chi connectivity index (χ1) is 24.4. The van der Waals surface area contributed by atoms with E-state index in [9.17, 15) is 19.5 Å². The highest BCUT2D eigenvalue weighted by Gasteiger charge is 2.31. The topological polar surface area (TPSA) is 114 Å². The van der Waals surface area contributed by atoms with Crippen LogP contribution in [0.4, 0.5) is 10.5 Å². The smallest absolute Gasteiger partial charge is 0.411 e. The summed E-state index contributed by atoms with van der Waals surface area (Å²) in [5, 5.41) is 16.2. The average molecular weight is 682 g/mol. The average Bonchev–Trinajstić information content (AvgIpc) is 3.15. The number of aliphatic hydroxyl groups excluding tert-OH is 1. The van der Waals surface area contributed by atoms with Gasteiger partial charge in [0.1, 0.15) is 6.10 Å². The molecule has 3 aromatic carbocycles. The standard InChI is InChI=1S/C40H51N5O5/c46-34-9-6-21-45(29-34)39(48)33-16-22-44(23-17-33)28-30-12-14-32(15-13-30)38(47)27-41-20-26-43-24-18-35(19-25-43)50-40(49)42-37-11-5-4-10-36(37)31-7-2-1-3-8-31/h1-5,7-8,10-15,33-35,41,46H,6,9,16-29H2,(H,42,49). The third kappa shape index (κ3) is 10.0. The zero-order valence-corrected chi connectivity index (χ0v) is 29.0. The largest absolute Gasteiger partial charge is 0.446 e. The molecule has 3 fully saturated rings. The van der Waals surface area contributed by atoms with Gasteiger partial charge in [-0.3, -0.25) is 19.8 Å². The number of likely N-dealkylation sites (tertiary alicyclic amines) is 3. The molecule has 0 saturated carbocycles. The van der Waals surface area contributed by atoms with Crippen LogP contribution in [0.25, 0.3) is 11.1 Å². The fraction of sp³-hybridized carbons (Fsp3) is 0.475. The highest BCUT2D eigenvalue weighted by molar-refractivity contribution is 5.97. The molecule has 0 aromatic heterocycles. The van der Waals surface area contributed by atoms with Crippen molar-refractivity contribution in [2.75, 3.05) is 64.2 Å². The van der Waals surface area contributed by atoms with Gasteiger partial charge in [0.05, 0.1) is 18.3 Å². The fourth-order valence-corrected chi connectivity index (χ4v) is 7.35. The van der Waals surface area contributed by atoms with E-state index in [2.05, 4.69) is 20.4 Å². The molecule has 6 rings (SSSR count). The van der Waals surface area contributed by atoms with E-state index in [1.54, 1.807) is 0 Å². The van der Waals surface area contributed by atoms with Gasteiger partial charge in [-0.25, -0.2) is 4.79 Å². The third-order valence-electron chi connectivity index (χ3n) is 10.3. The number of rotatable bonds is 12. The number of aliphatic hydroxyl groups is 1. The van der Waals surface area contributed by atoms with Crippen LogP contribution < -0.4 is 10.6 Å². The number of anilines is 1. The molecule has 3 N–H and O–H groups in total. The lowest BCUT2D eigenvalue weighted by Crippen LogP contribution is -2.47. The number of piperidine rings is 3. The Kier molecular flexibility index (Phi) is 12.7. The Morgan fingerprint density at radius 2 is 1.48 bits per heavy atom. The maximum atomic E-state index is 12.9. The fourth-order valence-electron chi connectivity index (χ4n) is 7.35. The van der Waals surface area contributed by atoms with Crippen LogP contribution in [-0.4, -0.2) is 109 Å². The quantitative estimate of drug-likeness (QED) is 0.180. The van der Waals surface area contributed by atoms with Crippen molar-refractivity contribution < 1.29 is 24.2 Å². The number of carbonyl (C=O) groups is 3. The van der Waals surface area contributed by atoms with Crippen molar-refractivity contribution in [3.63, 3.8) is 0 Å². The lowest BCUT2D eigenvalue weighted by molar-refractivity contribution is -0.140. The molecule has 3 heterocycles. The molecule has 3 aromatic rings. The number of Topliss-reactive ketones (excluding diaryl/α,β-unsaturated/α-hetero) is 1. The van der Waals surface area contributed by atoms with E-state index in [0.29, 0.717) is 25.2 Å². The number of β-amino-alcohol motifs (C(OH)–C–C–N with tert-alkyl or cyclic N) is 1. The lowest BCUT2D eigenvalue weighted by atomic mass is 9.93. The monoisotopic (exact) mass is 681 g/mol. The number of nitrogens with one attached hydrogen (secondary N) is 2. The second-order valence-corrected chi connectivity index (χ2v) is 13.9. The molecule has 0 bridgehead atoms. The van der Waals surface area contributed by atoms with Crippen LogP contribution in [0.15, 0.2) is 78.9 Å². The second kappa shape index (κ2) is 17.7. The number of ketones is 1.